The number of hydrogen-bond donors (Lipinski definition) is 1. The number of aliphatic carboxylic acids is 1. The lowest BCUT2D eigenvalue weighted by Crippen LogP contribution is -2.35. The van der Waals surface area contributed by atoms with Crippen molar-refractivity contribution < 1.29 is 14.6 Å². The number of hydrogen-bond acceptors (Lipinski definition) is 3. The number of fused-ring (bicyclic) bond motifs is 1. The summed E-state index contributed by atoms with van der Waals surface area (Å²) in [5.74, 6) is -1.13. The quantitative estimate of drug-likeness (QED) is 0.840. The number of anilines is 1. The average Bonchev–Trinajstić information content (AvgIpc) is 2.95. The van der Waals surface area contributed by atoms with Crippen LogP contribution in [0.3, 0.4) is 0 Å². The van der Waals surface area contributed by atoms with Gasteiger partial charge in [0.2, 0.25) is 0 Å². The molecule has 4 heteroatoms. The summed E-state index contributed by atoms with van der Waals surface area (Å²) in [4.78, 5) is 13.5. The Kier molecular flexibility index (Phi) is 2.52. The third kappa shape index (κ3) is 1.69. The van der Waals surface area contributed by atoms with Gasteiger partial charge in [0.05, 0.1) is 12.6 Å². The molecule has 0 aliphatic carbocycles. The molecule has 2 atom stereocenters. The van der Waals surface area contributed by atoms with Crippen LogP contribution in [0.5, 0.6) is 0 Å². The lowest BCUT2D eigenvalue weighted by Gasteiger charge is -2.25. The minimum absolute atomic E-state index is 0.334. The maximum atomic E-state index is 11.3. The Balaban J connectivity index is 1.96. The number of ether oxygens (including phenoxy) is 1. The maximum absolute atomic E-state index is 11.3. The van der Waals surface area contributed by atoms with E-state index in [9.17, 15) is 9.90 Å². The van der Waals surface area contributed by atoms with E-state index in [-0.39, 0.29) is 0 Å². The zero-order valence-electron chi connectivity index (χ0n) is 9.50. The molecule has 1 N–H and O–H groups in total. The Morgan fingerprint density at radius 2 is 2.24 bits per heavy atom. The molecule has 90 valence electrons. The number of rotatable bonds is 2. The van der Waals surface area contributed by atoms with Crippen molar-refractivity contribution in [1.82, 2.24) is 0 Å². The molecular weight excluding hydrogens is 218 g/mol. The van der Waals surface area contributed by atoms with E-state index >= 15 is 0 Å². The minimum Gasteiger partial charge on any atom is -0.481 e. The molecule has 4 nitrogen and oxygen atoms in total. The molecule has 0 amide bonds. The summed E-state index contributed by atoms with van der Waals surface area (Å²) < 4.78 is 5.39. The Morgan fingerprint density at radius 3 is 2.94 bits per heavy atom. The van der Waals surface area contributed by atoms with Crippen LogP contribution in [0.1, 0.15) is 17.9 Å². The average molecular weight is 233 g/mol. The van der Waals surface area contributed by atoms with Crippen LogP contribution in [0.25, 0.3) is 0 Å². The topological polar surface area (TPSA) is 49.8 Å². The van der Waals surface area contributed by atoms with E-state index in [4.69, 9.17) is 4.74 Å². The zero-order chi connectivity index (χ0) is 11.8. The first-order chi connectivity index (χ1) is 8.27. The third-order valence-electron chi connectivity index (χ3n) is 3.65. The van der Waals surface area contributed by atoms with E-state index in [0.29, 0.717) is 19.2 Å². The molecule has 0 saturated carbocycles. The van der Waals surface area contributed by atoms with Gasteiger partial charge in [-0.05, 0) is 18.1 Å². The van der Waals surface area contributed by atoms with Gasteiger partial charge in [-0.3, -0.25) is 4.79 Å². The summed E-state index contributed by atoms with van der Waals surface area (Å²) in [5.41, 5.74) is 2.00. The van der Waals surface area contributed by atoms with E-state index in [0.717, 1.165) is 24.3 Å². The van der Waals surface area contributed by atoms with Crippen LogP contribution in [-0.4, -0.2) is 36.9 Å². The van der Waals surface area contributed by atoms with Crippen LogP contribution in [-0.2, 0) is 9.53 Å². The fraction of sp³-hybridized carbons (Fsp3) is 0.462. The molecule has 1 aromatic rings. The van der Waals surface area contributed by atoms with Crippen LogP contribution in [0.2, 0.25) is 0 Å². The molecule has 2 heterocycles. The molecule has 2 unspecified atom stereocenters. The van der Waals surface area contributed by atoms with Gasteiger partial charge in [-0.1, -0.05) is 18.2 Å². The lowest BCUT2D eigenvalue weighted by molar-refractivity contribution is -0.138. The van der Waals surface area contributed by atoms with Crippen molar-refractivity contribution >= 4 is 11.7 Å². The van der Waals surface area contributed by atoms with Crippen molar-refractivity contribution in [3.63, 3.8) is 0 Å². The van der Waals surface area contributed by atoms with E-state index < -0.39 is 11.9 Å². The summed E-state index contributed by atoms with van der Waals surface area (Å²) in [6.07, 6.45) is 0.987. The number of carboxylic acids is 1. The Labute approximate surface area is 99.8 Å². The predicted molar refractivity (Wildman–Crippen MR) is 63.4 cm³/mol. The molecule has 2 aliphatic heterocycles. The standard InChI is InChI=1S/C13H15NO3/c15-13(16)11-7-14(9-5-6-17-8-9)12-4-2-1-3-10(11)12/h1-4,9,11H,5-8H2,(H,15,16). The SMILES string of the molecule is O=C(O)C1CN(C2CCOC2)c2ccccc21. The maximum Gasteiger partial charge on any atom is 0.312 e. The third-order valence-corrected chi connectivity index (χ3v) is 3.65. The first-order valence-electron chi connectivity index (χ1n) is 5.93. The molecule has 0 aromatic heterocycles. The molecule has 1 saturated heterocycles. The van der Waals surface area contributed by atoms with Gasteiger partial charge >= 0.3 is 5.97 Å². The molecule has 1 aromatic carbocycles. The molecular formula is C13H15NO3. The summed E-state index contributed by atoms with van der Waals surface area (Å²) in [6.45, 7) is 2.06. The number of benzene rings is 1. The fourth-order valence-corrected chi connectivity index (χ4v) is 2.76. The van der Waals surface area contributed by atoms with Gasteiger partial charge in [0.15, 0.2) is 0 Å². The van der Waals surface area contributed by atoms with Gasteiger partial charge in [-0.15, -0.1) is 0 Å². The molecule has 2 aliphatic rings. The summed E-state index contributed by atoms with van der Waals surface area (Å²) in [7, 11) is 0. The van der Waals surface area contributed by atoms with E-state index in [1.807, 2.05) is 24.3 Å². The zero-order valence-corrected chi connectivity index (χ0v) is 9.50. The highest BCUT2D eigenvalue weighted by Crippen LogP contribution is 2.38. The first-order valence-corrected chi connectivity index (χ1v) is 5.93. The Bertz CT molecular complexity index is 440. The van der Waals surface area contributed by atoms with Crippen molar-refractivity contribution in [3.8, 4) is 0 Å². The largest absolute Gasteiger partial charge is 0.481 e. The van der Waals surface area contributed by atoms with Gasteiger partial charge in [-0.2, -0.15) is 0 Å². The van der Waals surface area contributed by atoms with Gasteiger partial charge < -0.3 is 14.7 Å². The second-order valence-electron chi connectivity index (χ2n) is 4.62. The normalized spacial score (nSPS) is 27.2. The van der Waals surface area contributed by atoms with Crippen molar-refractivity contribution in [3.05, 3.63) is 29.8 Å². The van der Waals surface area contributed by atoms with Crippen molar-refractivity contribution in [1.29, 1.82) is 0 Å². The highest BCUT2D eigenvalue weighted by Gasteiger charge is 2.37. The smallest absolute Gasteiger partial charge is 0.312 e. The van der Waals surface area contributed by atoms with Crippen LogP contribution in [0.15, 0.2) is 24.3 Å². The van der Waals surface area contributed by atoms with Crippen LogP contribution in [0.4, 0.5) is 5.69 Å². The minimum atomic E-state index is -0.737. The lowest BCUT2D eigenvalue weighted by atomic mass is 10.0. The van der Waals surface area contributed by atoms with Crippen molar-refractivity contribution in [2.24, 2.45) is 0 Å². The van der Waals surface area contributed by atoms with Crippen molar-refractivity contribution in [2.75, 3.05) is 24.7 Å². The van der Waals surface area contributed by atoms with Crippen LogP contribution >= 0.6 is 0 Å². The predicted octanol–water partition coefficient (Wildman–Crippen LogP) is 1.46. The number of para-hydroxylation sites is 1. The molecule has 17 heavy (non-hydrogen) atoms. The fourth-order valence-electron chi connectivity index (χ4n) is 2.76. The molecule has 1 fully saturated rings. The molecule has 0 bridgehead atoms. The van der Waals surface area contributed by atoms with Crippen LogP contribution < -0.4 is 4.90 Å². The highest BCUT2D eigenvalue weighted by atomic mass is 16.5. The summed E-state index contributed by atoms with van der Waals surface area (Å²) in [5, 5.41) is 9.26. The van der Waals surface area contributed by atoms with Crippen molar-refractivity contribution in [2.45, 2.75) is 18.4 Å². The molecule has 3 rings (SSSR count). The number of carbonyl (C=O) groups is 1. The molecule has 0 radical (unpaired) electrons. The van der Waals surface area contributed by atoms with Crippen LogP contribution in [0, 0.1) is 0 Å². The van der Waals surface area contributed by atoms with E-state index in [1.165, 1.54) is 0 Å². The van der Waals surface area contributed by atoms with E-state index in [1.54, 1.807) is 0 Å². The molecule has 0 spiro atoms. The van der Waals surface area contributed by atoms with Gasteiger partial charge in [0, 0.05) is 18.8 Å². The van der Waals surface area contributed by atoms with E-state index in [2.05, 4.69) is 4.90 Å². The Hall–Kier alpha value is -1.55. The second kappa shape index (κ2) is 4.04. The Morgan fingerprint density at radius 1 is 1.41 bits per heavy atom. The van der Waals surface area contributed by atoms with Gasteiger partial charge in [0.25, 0.3) is 0 Å². The second-order valence-corrected chi connectivity index (χ2v) is 4.62. The highest BCUT2D eigenvalue weighted by molar-refractivity contribution is 5.83. The van der Waals surface area contributed by atoms with Gasteiger partial charge in [-0.25, -0.2) is 0 Å². The summed E-state index contributed by atoms with van der Waals surface area (Å²) >= 11 is 0. The first kappa shape index (κ1) is 10.6. The monoisotopic (exact) mass is 233 g/mol. The van der Waals surface area contributed by atoms with Gasteiger partial charge in [0.1, 0.15) is 5.92 Å². The number of carboxylic acid groups (broad SMARTS) is 1. The number of nitrogens with zero attached hydrogens (tertiary/aromatic N) is 1. The summed E-state index contributed by atoms with van der Waals surface area (Å²) in [6, 6.07) is 8.14.